The summed E-state index contributed by atoms with van der Waals surface area (Å²) in [5.74, 6) is 0. The van der Waals surface area contributed by atoms with E-state index in [0.29, 0.717) is 0 Å². The summed E-state index contributed by atoms with van der Waals surface area (Å²) < 4.78 is 15.5. The normalized spacial score (nSPS) is 11.1. The molecule has 0 aliphatic heterocycles. The van der Waals surface area contributed by atoms with Gasteiger partial charge in [0, 0.05) is 20.8 Å². The molecule has 0 unspecified atom stereocenters. The smallest absolute Gasteiger partial charge is 0.379 e. The lowest BCUT2D eigenvalue weighted by Crippen LogP contribution is -2.24. The van der Waals surface area contributed by atoms with Crippen molar-refractivity contribution >= 4 is 9.53 Å². The maximum atomic E-state index is 5.42. The first-order valence-corrected chi connectivity index (χ1v) is 6.43. The summed E-state index contributed by atoms with van der Waals surface area (Å²) in [6.07, 6.45) is 6.30. The van der Waals surface area contributed by atoms with Crippen LogP contribution < -0.4 is 0 Å². The molecule has 0 radical (unpaired) electrons. The van der Waals surface area contributed by atoms with Gasteiger partial charge >= 0.3 is 9.53 Å². The van der Waals surface area contributed by atoms with E-state index in [0.717, 1.165) is 13.0 Å². The van der Waals surface area contributed by atoms with Gasteiger partial charge in [-0.15, -0.1) is 0 Å². The van der Waals surface area contributed by atoms with E-state index in [1.54, 1.807) is 14.2 Å². The highest BCUT2D eigenvalue weighted by atomic mass is 28.3. The number of hydrogen-bond acceptors (Lipinski definition) is 3. The molecule has 0 spiro atoms. The molecule has 0 amide bonds. The van der Waals surface area contributed by atoms with Crippen LogP contribution in [0.3, 0.4) is 0 Å². The number of hydrogen-bond donors (Lipinski definition) is 0. The van der Waals surface area contributed by atoms with Gasteiger partial charge in [0.05, 0.1) is 0 Å². The molecule has 0 aliphatic carbocycles. The Morgan fingerprint density at radius 2 is 1.54 bits per heavy atom. The van der Waals surface area contributed by atoms with E-state index in [1.807, 2.05) is 0 Å². The van der Waals surface area contributed by atoms with Crippen LogP contribution in [0.15, 0.2) is 0 Å². The van der Waals surface area contributed by atoms with Gasteiger partial charge in [-0.3, -0.25) is 0 Å². The molecule has 0 heterocycles. The van der Waals surface area contributed by atoms with E-state index >= 15 is 0 Å². The van der Waals surface area contributed by atoms with Crippen molar-refractivity contribution in [2.75, 3.05) is 20.8 Å². The summed E-state index contributed by atoms with van der Waals surface area (Å²) in [5.41, 5.74) is 0. The van der Waals surface area contributed by atoms with Crippen LogP contribution >= 0.6 is 0 Å². The van der Waals surface area contributed by atoms with E-state index < -0.39 is 9.53 Å². The van der Waals surface area contributed by atoms with E-state index in [9.17, 15) is 0 Å². The van der Waals surface area contributed by atoms with Gasteiger partial charge in [0.1, 0.15) is 0 Å². The van der Waals surface area contributed by atoms with E-state index in [4.69, 9.17) is 13.3 Å². The highest BCUT2D eigenvalue weighted by Gasteiger charge is 2.09. The van der Waals surface area contributed by atoms with Crippen LogP contribution in [0.2, 0.25) is 0 Å². The van der Waals surface area contributed by atoms with Crippen LogP contribution in [0.4, 0.5) is 0 Å². The van der Waals surface area contributed by atoms with Crippen molar-refractivity contribution in [3.05, 3.63) is 0 Å². The lowest BCUT2D eigenvalue weighted by Gasteiger charge is -2.10. The van der Waals surface area contributed by atoms with Crippen molar-refractivity contribution in [3.8, 4) is 0 Å². The molecule has 0 saturated heterocycles. The zero-order chi connectivity index (χ0) is 9.94. The van der Waals surface area contributed by atoms with E-state index in [1.165, 1.54) is 25.7 Å². The Kier molecular flexibility index (Phi) is 10.3. The molecule has 0 aromatic rings. The summed E-state index contributed by atoms with van der Waals surface area (Å²) in [6, 6.07) is 0. The lowest BCUT2D eigenvalue weighted by atomic mass is 10.2. The molecule has 4 heteroatoms. The topological polar surface area (TPSA) is 27.7 Å². The van der Waals surface area contributed by atoms with Crippen LogP contribution in [-0.4, -0.2) is 30.4 Å². The molecule has 0 aromatic heterocycles. The van der Waals surface area contributed by atoms with E-state index in [2.05, 4.69) is 6.92 Å². The molecule has 0 saturated carbocycles. The molecule has 3 nitrogen and oxygen atoms in total. The fraction of sp³-hybridized carbons (Fsp3) is 1.00. The number of rotatable bonds is 9. The van der Waals surface area contributed by atoms with Crippen molar-refractivity contribution in [2.24, 2.45) is 0 Å². The zero-order valence-corrected chi connectivity index (χ0v) is 10.2. The number of unbranched alkanes of at least 4 members (excludes halogenated alkanes) is 4. The van der Waals surface area contributed by atoms with Crippen molar-refractivity contribution in [1.29, 1.82) is 0 Å². The fourth-order valence-electron chi connectivity index (χ4n) is 1.12. The molecular weight excluding hydrogens is 184 g/mol. The van der Waals surface area contributed by atoms with Gasteiger partial charge in [0.25, 0.3) is 0 Å². The van der Waals surface area contributed by atoms with Gasteiger partial charge in [-0.2, -0.15) is 0 Å². The minimum absolute atomic E-state index is 0.780. The fourth-order valence-corrected chi connectivity index (χ4v) is 1.94. The summed E-state index contributed by atoms with van der Waals surface area (Å²) in [7, 11) is 1.52. The van der Waals surface area contributed by atoms with Crippen molar-refractivity contribution in [2.45, 2.75) is 39.0 Å². The molecule has 0 rings (SSSR count). The Morgan fingerprint density at radius 3 is 2.08 bits per heavy atom. The van der Waals surface area contributed by atoms with Crippen LogP contribution in [0.5, 0.6) is 0 Å². The monoisotopic (exact) mass is 206 g/mol. The predicted molar refractivity (Wildman–Crippen MR) is 55.9 cm³/mol. The van der Waals surface area contributed by atoms with Crippen molar-refractivity contribution in [3.63, 3.8) is 0 Å². The van der Waals surface area contributed by atoms with Crippen LogP contribution in [0.1, 0.15) is 39.0 Å². The molecule has 0 bridgehead atoms. The molecule has 0 N–H and O–H groups in total. The third-order valence-electron chi connectivity index (χ3n) is 1.89. The minimum atomic E-state index is -1.75. The average Bonchev–Trinajstić information content (AvgIpc) is 2.17. The third-order valence-corrected chi connectivity index (χ3v) is 3.16. The maximum Gasteiger partial charge on any atom is 0.483 e. The van der Waals surface area contributed by atoms with E-state index in [-0.39, 0.29) is 0 Å². The highest BCUT2D eigenvalue weighted by molar-refractivity contribution is 6.36. The average molecular weight is 206 g/mol. The lowest BCUT2D eigenvalue weighted by molar-refractivity contribution is 0.133. The Balaban J connectivity index is 3.05. The molecule has 80 valence electrons. The first-order valence-electron chi connectivity index (χ1n) is 5.02. The first-order chi connectivity index (χ1) is 6.35. The quantitative estimate of drug-likeness (QED) is 0.426. The predicted octanol–water partition coefficient (Wildman–Crippen LogP) is 1.98. The summed E-state index contributed by atoms with van der Waals surface area (Å²) in [6.45, 7) is 3.00. The zero-order valence-electron chi connectivity index (χ0n) is 9.04. The molecule has 0 aromatic carbocycles. The van der Waals surface area contributed by atoms with Gasteiger partial charge < -0.3 is 13.3 Å². The summed E-state index contributed by atoms with van der Waals surface area (Å²) in [4.78, 5) is 0. The second-order valence-corrected chi connectivity index (χ2v) is 4.90. The second kappa shape index (κ2) is 10.2. The van der Waals surface area contributed by atoms with Crippen LogP contribution in [-0.2, 0) is 13.3 Å². The highest BCUT2D eigenvalue weighted by Crippen LogP contribution is 2.02. The van der Waals surface area contributed by atoms with Gasteiger partial charge in [-0.05, 0) is 6.42 Å². The first kappa shape index (κ1) is 13.1. The van der Waals surface area contributed by atoms with Gasteiger partial charge in [0.15, 0.2) is 0 Å². The second-order valence-electron chi connectivity index (χ2n) is 3.05. The third kappa shape index (κ3) is 8.43. The van der Waals surface area contributed by atoms with Crippen LogP contribution in [0, 0.1) is 0 Å². The largest absolute Gasteiger partial charge is 0.483 e. The molecule has 0 fully saturated rings. The Morgan fingerprint density at radius 1 is 0.923 bits per heavy atom. The van der Waals surface area contributed by atoms with Gasteiger partial charge in [-0.25, -0.2) is 0 Å². The maximum absolute atomic E-state index is 5.42. The molecular formula is C9H22O3Si. The Hall–Kier alpha value is 0.0969. The van der Waals surface area contributed by atoms with Crippen molar-refractivity contribution in [1.82, 2.24) is 0 Å². The SMILES string of the molecule is CCCCCCCO[SiH](OC)OC. The van der Waals surface area contributed by atoms with Gasteiger partial charge in [0.2, 0.25) is 0 Å². The van der Waals surface area contributed by atoms with Crippen molar-refractivity contribution < 1.29 is 13.3 Å². The minimum Gasteiger partial charge on any atom is -0.379 e. The van der Waals surface area contributed by atoms with Crippen LogP contribution in [0.25, 0.3) is 0 Å². The van der Waals surface area contributed by atoms with Gasteiger partial charge in [-0.1, -0.05) is 32.6 Å². The molecule has 13 heavy (non-hydrogen) atoms. The standard InChI is InChI=1S/C9H22O3Si/c1-4-5-6-7-8-9-12-13(10-2)11-3/h13H,4-9H2,1-3H3. The molecule has 0 aliphatic rings. The Labute approximate surface area is 83.3 Å². The summed E-state index contributed by atoms with van der Waals surface area (Å²) >= 11 is 0. The summed E-state index contributed by atoms with van der Waals surface area (Å²) in [5, 5.41) is 0. The molecule has 0 atom stereocenters. The Bertz CT molecular complexity index is 96.9.